The van der Waals surface area contributed by atoms with Crippen LogP contribution in [-0.2, 0) is 0 Å². The summed E-state index contributed by atoms with van der Waals surface area (Å²) in [6.45, 7) is 7.81. The highest BCUT2D eigenvalue weighted by molar-refractivity contribution is 4.96. The standard InChI is InChI=1S/C8H15N/c1-3-5-6-7-8-9-4-2/h3,5-6,9H,1,4,7-8H2,2H3. The summed E-state index contributed by atoms with van der Waals surface area (Å²) in [5.41, 5.74) is 0. The van der Waals surface area contributed by atoms with Crippen molar-refractivity contribution in [2.24, 2.45) is 0 Å². The first-order chi connectivity index (χ1) is 4.41. The van der Waals surface area contributed by atoms with Gasteiger partial charge in [0.2, 0.25) is 0 Å². The van der Waals surface area contributed by atoms with Gasteiger partial charge in [-0.05, 0) is 19.5 Å². The summed E-state index contributed by atoms with van der Waals surface area (Å²) < 4.78 is 0. The minimum absolute atomic E-state index is 1.06. The van der Waals surface area contributed by atoms with Gasteiger partial charge in [0.05, 0.1) is 0 Å². The first kappa shape index (κ1) is 8.44. The van der Waals surface area contributed by atoms with Gasteiger partial charge >= 0.3 is 0 Å². The Hall–Kier alpha value is -0.560. The maximum absolute atomic E-state index is 3.57. The molecule has 0 aromatic carbocycles. The van der Waals surface area contributed by atoms with Crippen LogP contribution in [0.4, 0.5) is 0 Å². The Labute approximate surface area is 57.5 Å². The molecule has 0 atom stereocenters. The predicted octanol–water partition coefficient (Wildman–Crippen LogP) is 1.73. The minimum atomic E-state index is 1.06. The topological polar surface area (TPSA) is 12.0 Å². The SMILES string of the molecule is C=CC=CCCNCC. The molecule has 0 spiro atoms. The molecular weight excluding hydrogens is 110 g/mol. The molecule has 0 saturated heterocycles. The first-order valence-corrected chi connectivity index (χ1v) is 3.40. The van der Waals surface area contributed by atoms with Crippen molar-refractivity contribution in [2.75, 3.05) is 13.1 Å². The average Bonchev–Trinajstić information content (AvgIpc) is 1.89. The molecule has 0 aliphatic heterocycles. The van der Waals surface area contributed by atoms with Gasteiger partial charge in [-0.2, -0.15) is 0 Å². The summed E-state index contributed by atoms with van der Waals surface area (Å²) in [4.78, 5) is 0. The Morgan fingerprint density at radius 2 is 2.33 bits per heavy atom. The summed E-state index contributed by atoms with van der Waals surface area (Å²) in [5, 5.41) is 3.22. The van der Waals surface area contributed by atoms with Crippen LogP contribution in [0.2, 0.25) is 0 Å². The van der Waals surface area contributed by atoms with Crippen molar-refractivity contribution in [3.05, 3.63) is 24.8 Å². The summed E-state index contributed by atoms with van der Waals surface area (Å²) in [6.07, 6.45) is 6.97. The van der Waals surface area contributed by atoms with Crippen molar-refractivity contribution in [3.63, 3.8) is 0 Å². The number of nitrogens with one attached hydrogen (secondary N) is 1. The fourth-order valence-electron chi connectivity index (χ4n) is 0.555. The molecule has 0 fully saturated rings. The van der Waals surface area contributed by atoms with E-state index in [4.69, 9.17) is 0 Å². The maximum atomic E-state index is 3.57. The van der Waals surface area contributed by atoms with Crippen molar-refractivity contribution in [3.8, 4) is 0 Å². The second-order valence-electron chi connectivity index (χ2n) is 1.81. The van der Waals surface area contributed by atoms with Gasteiger partial charge < -0.3 is 5.32 Å². The van der Waals surface area contributed by atoms with E-state index in [2.05, 4.69) is 24.9 Å². The van der Waals surface area contributed by atoms with Gasteiger partial charge in [0, 0.05) is 0 Å². The van der Waals surface area contributed by atoms with Crippen molar-refractivity contribution < 1.29 is 0 Å². The van der Waals surface area contributed by atoms with Gasteiger partial charge in [0.25, 0.3) is 0 Å². The third-order valence-corrected chi connectivity index (χ3v) is 1.01. The molecule has 0 bridgehead atoms. The average molecular weight is 125 g/mol. The summed E-state index contributed by atoms with van der Waals surface area (Å²) in [5.74, 6) is 0. The van der Waals surface area contributed by atoms with Crippen molar-refractivity contribution >= 4 is 0 Å². The number of rotatable bonds is 5. The Kier molecular flexibility index (Phi) is 6.98. The third kappa shape index (κ3) is 7.44. The number of hydrogen-bond acceptors (Lipinski definition) is 1. The van der Waals surface area contributed by atoms with Gasteiger partial charge in [-0.15, -0.1) is 0 Å². The van der Waals surface area contributed by atoms with Crippen LogP contribution in [-0.4, -0.2) is 13.1 Å². The van der Waals surface area contributed by atoms with E-state index in [-0.39, 0.29) is 0 Å². The number of hydrogen-bond donors (Lipinski definition) is 1. The smallest absolute Gasteiger partial charge is 0.00143 e. The summed E-state index contributed by atoms with van der Waals surface area (Å²) in [6, 6.07) is 0. The molecule has 0 rings (SSSR count). The molecule has 1 nitrogen and oxygen atoms in total. The lowest BCUT2D eigenvalue weighted by atomic mass is 10.3. The van der Waals surface area contributed by atoms with Crippen LogP contribution in [0.3, 0.4) is 0 Å². The van der Waals surface area contributed by atoms with Crippen molar-refractivity contribution in [1.29, 1.82) is 0 Å². The van der Waals surface area contributed by atoms with Crippen LogP contribution in [0.15, 0.2) is 24.8 Å². The fraction of sp³-hybridized carbons (Fsp3) is 0.500. The largest absolute Gasteiger partial charge is 0.317 e. The highest BCUT2D eigenvalue weighted by Gasteiger charge is 1.75. The molecule has 0 unspecified atom stereocenters. The van der Waals surface area contributed by atoms with Crippen LogP contribution >= 0.6 is 0 Å². The van der Waals surface area contributed by atoms with E-state index in [0.717, 1.165) is 19.5 Å². The van der Waals surface area contributed by atoms with Gasteiger partial charge in [-0.3, -0.25) is 0 Å². The molecule has 9 heavy (non-hydrogen) atoms. The van der Waals surface area contributed by atoms with E-state index in [0.29, 0.717) is 0 Å². The maximum Gasteiger partial charge on any atom is -0.00143 e. The molecular formula is C8H15N. The first-order valence-electron chi connectivity index (χ1n) is 3.40. The van der Waals surface area contributed by atoms with Crippen molar-refractivity contribution in [2.45, 2.75) is 13.3 Å². The zero-order valence-corrected chi connectivity index (χ0v) is 6.06. The molecule has 1 heteroatoms. The van der Waals surface area contributed by atoms with E-state index < -0.39 is 0 Å². The van der Waals surface area contributed by atoms with Crippen LogP contribution in [0, 0.1) is 0 Å². The normalized spacial score (nSPS) is 10.3. The van der Waals surface area contributed by atoms with Gasteiger partial charge in [-0.1, -0.05) is 31.7 Å². The third-order valence-electron chi connectivity index (χ3n) is 1.01. The molecule has 1 N–H and O–H groups in total. The monoisotopic (exact) mass is 125 g/mol. The predicted molar refractivity (Wildman–Crippen MR) is 42.5 cm³/mol. The van der Waals surface area contributed by atoms with Crippen LogP contribution < -0.4 is 5.32 Å². The van der Waals surface area contributed by atoms with Crippen LogP contribution in [0.1, 0.15) is 13.3 Å². The van der Waals surface area contributed by atoms with E-state index in [1.54, 1.807) is 6.08 Å². The molecule has 0 amide bonds. The summed E-state index contributed by atoms with van der Waals surface area (Å²) >= 11 is 0. The fourth-order valence-corrected chi connectivity index (χ4v) is 0.555. The zero-order valence-electron chi connectivity index (χ0n) is 6.06. The van der Waals surface area contributed by atoms with Crippen LogP contribution in [0.25, 0.3) is 0 Å². The molecule has 0 aliphatic rings. The number of allylic oxidation sites excluding steroid dienone is 2. The lowest BCUT2D eigenvalue weighted by Gasteiger charge is -1.93. The van der Waals surface area contributed by atoms with Crippen molar-refractivity contribution in [1.82, 2.24) is 5.32 Å². The lowest BCUT2D eigenvalue weighted by Crippen LogP contribution is -2.12. The summed E-state index contributed by atoms with van der Waals surface area (Å²) in [7, 11) is 0. The lowest BCUT2D eigenvalue weighted by molar-refractivity contribution is 0.726. The highest BCUT2D eigenvalue weighted by atomic mass is 14.8. The van der Waals surface area contributed by atoms with Gasteiger partial charge in [-0.25, -0.2) is 0 Å². The molecule has 0 aromatic heterocycles. The van der Waals surface area contributed by atoms with Crippen LogP contribution in [0.5, 0.6) is 0 Å². The van der Waals surface area contributed by atoms with E-state index in [9.17, 15) is 0 Å². The molecule has 0 aliphatic carbocycles. The highest BCUT2D eigenvalue weighted by Crippen LogP contribution is 1.79. The quantitative estimate of drug-likeness (QED) is 0.436. The molecule has 0 heterocycles. The van der Waals surface area contributed by atoms with Gasteiger partial charge in [0.1, 0.15) is 0 Å². The molecule has 52 valence electrons. The molecule has 0 saturated carbocycles. The molecule has 0 radical (unpaired) electrons. The second kappa shape index (κ2) is 7.44. The molecule has 0 aromatic rings. The van der Waals surface area contributed by atoms with E-state index in [1.165, 1.54) is 0 Å². The Morgan fingerprint density at radius 1 is 1.56 bits per heavy atom. The zero-order chi connectivity index (χ0) is 6.95. The Bertz CT molecular complexity index is 84.6. The minimum Gasteiger partial charge on any atom is -0.317 e. The van der Waals surface area contributed by atoms with Gasteiger partial charge in [0.15, 0.2) is 0 Å². The Morgan fingerprint density at radius 3 is 2.89 bits per heavy atom. The van der Waals surface area contributed by atoms with E-state index in [1.807, 2.05) is 6.08 Å². The second-order valence-corrected chi connectivity index (χ2v) is 1.81. The Balaban J connectivity index is 2.90. The van der Waals surface area contributed by atoms with E-state index >= 15 is 0 Å².